The predicted molar refractivity (Wildman–Crippen MR) is 87.9 cm³/mol. The summed E-state index contributed by atoms with van der Waals surface area (Å²) in [5.41, 5.74) is 2.81. The number of carbonyl (C=O) groups excluding carboxylic acids is 2. The number of ether oxygens (including phenoxy) is 2. The molecule has 0 saturated carbocycles. The predicted octanol–water partition coefficient (Wildman–Crippen LogP) is 2.45. The van der Waals surface area contributed by atoms with Crippen LogP contribution in [0.4, 0.5) is 0 Å². The lowest BCUT2D eigenvalue weighted by Crippen LogP contribution is -2.24. The number of esters is 1. The minimum Gasteiger partial charge on any atom is -0.484 e. The van der Waals surface area contributed by atoms with Crippen LogP contribution in [-0.2, 0) is 9.53 Å². The van der Waals surface area contributed by atoms with Crippen molar-refractivity contribution in [2.45, 2.75) is 6.92 Å². The van der Waals surface area contributed by atoms with Crippen LogP contribution >= 0.6 is 11.3 Å². The highest BCUT2D eigenvalue weighted by Crippen LogP contribution is 2.12. The lowest BCUT2D eigenvalue weighted by atomic mass is 10.2. The third kappa shape index (κ3) is 5.55. The summed E-state index contributed by atoms with van der Waals surface area (Å²) in [4.78, 5) is 24.0. The van der Waals surface area contributed by atoms with E-state index in [1.54, 1.807) is 37.4 Å². The topological polar surface area (TPSA) is 77.0 Å². The van der Waals surface area contributed by atoms with Crippen molar-refractivity contribution in [2.75, 3.05) is 13.2 Å². The Kier molecular flexibility index (Phi) is 6.31. The normalized spacial score (nSPS) is 10.5. The second kappa shape index (κ2) is 8.70. The van der Waals surface area contributed by atoms with Crippen LogP contribution in [0.1, 0.15) is 22.2 Å². The average molecular weight is 332 g/mol. The van der Waals surface area contributed by atoms with Crippen molar-refractivity contribution in [1.29, 1.82) is 0 Å². The molecule has 1 N–H and O–H groups in total. The van der Waals surface area contributed by atoms with Gasteiger partial charge >= 0.3 is 5.97 Å². The molecule has 1 amide bonds. The Morgan fingerprint density at radius 3 is 2.70 bits per heavy atom. The Morgan fingerprint density at radius 1 is 1.26 bits per heavy atom. The van der Waals surface area contributed by atoms with Crippen LogP contribution in [0.15, 0.2) is 46.9 Å². The monoisotopic (exact) mass is 332 g/mol. The zero-order valence-corrected chi connectivity index (χ0v) is 13.3. The Bertz CT molecular complexity index is 666. The van der Waals surface area contributed by atoms with E-state index in [1.807, 2.05) is 17.5 Å². The van der Waals surface area contributed by atoms with Crippen LogP contribution in [0.2, 0.25) is 0 Å². The van der Waals surface area contributed by atoms with Gasteiger partial charge in [0.2, 0.25) is 0 Å². The summed E-state index contributed by atoms with van der Waals surface area (Å²) in [5.74, 6) is -0.276. The second-order valence-electron chi connectivity index (χ2n) is 4.34. The number of hydrogen-bond donors (Lipinski definition) is 1. The molecular formula is C16H16N2O4S. The van der Waals surface area contributed by atoms with E-state index >= 15 is 0 Å². The van der Waals surface area contributed by atoms with Crippen LogP contribution < -0.4 is 10.2 Å². The lowest BCUT2D eigenvalue weighted by molar-refractivity contribution is -0.123. The minimum absolute atomic E-state index is 0.166. The first-order chi connectivity index (χ1) is 11.2. The van der Waals surface area contributed by atoms with Crippen molar-refractivity contribution >= 4 is 29.4 Å². The van der Waals surface area contributed by atoms with Gasteiger partial charge in [-0.3, -0.25) is 4.79 Å². The molecule has 1 aromatic heterocycles. The molecule has 2 aromatic rings. The molecular weight excluding hydrogens is 316 g/mol. The molecule has 23 heavy (non-hydrogen) atoms. The summed E-state index contributed by atoms with van der Waals surface area (Å²) in [6, 6.07) is 10.2. The molecule has 0 fully saturated rings. The molecule has 0 spiro atoms. The first-order valence-electron chi connectivity index (χ1n) is 6.94. The van der Waals surface area contributed by atoms with Crippen molar-refractivity contribution in [2.24, 2.45) is 5.10 Å². The summed E-state index contributed by atoms with van der Waals surface area (Å²) in [6.07, 6.45) is 1.57. The van der Waals surface area contributed by atoms with Gasteiger partial charge in [0.1, 0.15) is 5.75 Å². The van der Waals surface area contributed by atoms with Crippen molar-refractivity contribution in [1.82, 2.24) is 5.43 Å². The first-order valence-corrected chi connectivity index (χ1v) is 7.82. The molecule has 0 aliphatic carbocycles. The summed E-state index contributed by atoms with van der Waals surface area (Å²) in [7, 11) is 0. The molecule has 0 atom stereocenters. The van der Waals surface area contributed by atoms with Gasteiger partial charge in [-0.15, -0.1) is 11.3 Å². The number of hydrogen-bond acceptors (Lipinski definition) is 6. The highest BCUT2D eigenvalue weighted by Gasteiger charge is 2.06. The van der Waals surface area contributed by atoms with Crippen LogP contribution in [-0.4, -0.2) is 31.3 Å². The van der Waals surface area contributed by atoms with E-state index < -0.39 is 0 Å². The van der Waals surface area contributed by atoms with Crippen molar-refractivity contribution < 1.29 is 19.1 Å². The third-order valence-corrected chi connectivity index (χ3v) is 3.47. The maximum absolute atomic E-state index is 11.6. The molecule has 0 saturated heterocycles. The number of nitrogens with one attached hydrogen (secondary N) is 1. The Hall–Kier alpha value is -2.67. The molecule has 1 heterocycles. The highest BCUT2D eigenvalue weighted by molar-refractivity contribution is 7.11. The van der Waals surface area contributed by atoms with Gasteiger partial charge in [0, 0.05) is 4.88 Å². The van der Waals surface area contributed by atoms with E-state index in [2.05, 4.69) is 10.5 Å². The van der Waals surface area contributed by atoms with Gasteiger partial charge in [0.05, 0.1) is 18.4 Å². The van der Waals surface area contributed by atoms with Gasteiger partial charge in [-0.2, -0.15) is 5.10 Å². The lowest BCUT2D eigenvalue weighted by Gasteiger charge is -2.06. The molecule has 1 aromatic carbocycles. The molecule has 0 aliphatic heterocycles. The number of rotatable bonds is 7. The van der Waals surface area contributed by atoms with Gasteiger partial charge in [-0.05, 0) is 42.6 Å². The SMILES string of the molecule is CCOC(=O)c1ccc(OCC(=O)NN=Cc2cccs2)cc1. The Labute approximate surface area is 137 Å². The quantitative estimate of drug-likeness (QED) is 0.480. The Balaban J connectivity index is 1.76. The fourth-order valence-electron chi connectivity index (χ4n) is 1.62. The smallest absolute Gasteiger partial charge is 0.338 e. The number of thiophene rings is 1. The second-order valence-corrected chi connectivity index (χ2v) is 5.32. The average Bonchev–Trinajstić information content (AvgIpc) is 3.07. The van der Waals surface area contributed by atoms with Crippen LogP contribution in [0.3, 0.4) is 0 Å². The first kappa shape index (κ1) is 16.7. The van der Waals surface area contributed by atoms with E-state index in [1.165, 1.54) is 11.3 Å². The van der Waals surface area contributed by atoms with E-state index in [-0.39, 0.29) is 18.5 Å². The van der Waals surface area contributed by atoms with Gasteiger partial charge in [-0.1, -0.05) is 6.07 Å². The molecule has 2 rings (SSSR count). The van der Waals surface area contributed by atoms with E-state index in [0.29, 0.717) is 17.9 Å². The van der Waals surface area contributed by atoms with E-state index in [0.717, 1.165) is 4.88 Å². The number of hydrazone groups is 1. The van der Waals surface area contributed by atoms with Crippen molar-refractivity contribution in [3.8, 4) is 5.75 Å². The van der Waals surface area contributed by atoms with Gasteiger partial charge < -0.3 is 9.47 Å². The molecule has 0 aliphatic rings. The fourth-order valence-corrected chi connectivity index (χ4v) is 2.20. The summed E-state index contributed by atoms with van der Waals surface area (Å²) in [6.45, 7) is 1.90. The van der Waals surface area contributed by atoms with Gasteiger partial charge in [0.25, 0.3) is 5.91 Å². The number of amides is 1. The maximum atomic E-state index is 11.6. The van der Waals surface area contributed by atoms with E-state index in [9.17, 15) is 9.59 Å². The number of carbonyl (C=O) groups is 2. The van der Waals surface area contributed by atoms with Crippen LogP contribution in [0.5, 0.6) is 5.75 Å². The third-order valence-electron chi connectivity index (χ3n) is 2.66. The highest BCUT2D eigenvalue weighted by atomic mass is 32.1. The van der Waals surface area contributed by atoms with Crippen molar-refractivity contribution in [3.63, 3.8) is 0 Å². The van der Waals surface area contributed by atoms with Crippen molar-refractivity contribution in [3.05, 3.63) is 52.2 Å². The van der Waals surface area contributed by atoms with E-state index in [4.69, 9.17) is 9.47 Å². The molecule has 0 radical (unpaired) electrons. The summed E-state index contributed by atoms with van der Waals surface area (Å²) < 4.78 is 10.2. The fraction of sp³-hybridized carbons (Fsp3) is 0.188. The molecule has 0 bridgehead atoms. The zero-order chi connectivity index (χ0) is 16.5. The van der Waals surface area contributed by atoms with Crippen LogP contribution in [0, 0.1) is 0 Å². The molecule has 6 nitrogen and oxygen atoms in total. The minimum atomic E-state index is -0.389. The maximum Gasteiger partial charge on any atom is 0.338 e. The molecule has 7 heteroatoms. The van der Waals surface area contributed by atoms with Crippen LogP contribution in [0.25, 0.3) is 0 Å². The largest absolute Gasteiger partial charge is 0.484 e. The summed E-state index contributed by atoms with van der Waals surface area (Å²) in [5, 5.41) is 5.75. The standard InChI is InChI=1S/C16H16N2O4S/c1-2-21-16(20)12-5-7-13(8-6-12)22-11-15(19)18-17-10-14-4-3-9-23-14/h3-10H,2,11H2,1H3,(H,18,19). The number of benzene rings is 1. The Morgan fingerprint density at radius 2 is 2.04 bits per heavy atom. The zero-order valence-electron chi connectivity index (χ0n) is 12.5. The molecule has 120 valence electrons. The van der Waals surface area contributed by atoms with Gasteiger partial charge in [0.15, 0.2) is 6.61 Å². The van der Waals surface area contributed by atoms with Gasteiger partial charge in [-0.25, -0.2) is 10.2 Å². The summed E-state index contributed by atoms with van der Waals surface area (Å²) >= 11 is 1.52. The number of nitrogens with zero attached hydrogens (tertiary/aromatic N) is 1. The molecule has 0 unspecified atom stereocenters.